The SMILES string of the molecule is Cc1nn(CC(C)C)c(C)c1CCC(=O)Nc1cccc(S(=O)(=O)Nc2ccc(Cl)cc2)c1. The van der Waals surface area contributed by atoms with Crippen molar-refractivity contribution >= 4 is 38.9 Å². The van der Waals surface area contributed by atoms with Gasteiger partial charge in [0.25, 0.3) is 10.0 Å². The van der Waals surface area contributed by atoms with Crippen LogP contribution in [-0.2, 0) is 27.8 Å². The largest absolute Gasteiger partial charge is 0.326 e. The number of amides is 1. The van der Waals surface area contributed by atoms with Crippen LogP contribution in [0.3, 0.4) is 0 Å². The maximum Gasteiger partial charge on any atom is 0.261 e. The first kappa shape index (κ1) is 24.8. The third-order valence-electron chi connectivity index (χ3n) is 5.20. The van der Waals surface area contributed by atoms with Crippen LogP contribution in [0, 0.1) is 19.8 Å². The van der Waals surface area contributed by atoms with Gasteiger partial charge < -0.3 is 5.32 Å². The number of carbonyl (C=O) groups is 1. The van der Waals surface area contributed by atoms with Crippen molar-refractivity contribution in [3.63, 3.8) is 0 Å². The summed E-state index contributed by atoms with van der Waals surface area (Å²) in [6, 6.07) is 12.5. The number of sulfonamides is 1. The minimum Gasteiger partial charge on any atom is -0.326 e. The highest BCUT2D eigenvalue weighted by Crippen LogP contribution is 2.21. The number of benzene rings is 2. The van der Waals surface area contributed by atoms with Gasteiger partial charge in [0.15, 0.2) is 0 Å². The molecule has 0 fully saturated rings. The van der Waals surface area contributed by atoms with Crippen LogP contribution in [0.4, 0.5) is 11.4 Å². The van der Waals surface area contributed by atoms with Gasteiger partial charge in [0.1, 0.15) is 0 Å². The lowest BCUT2D eigenvalue weighted by atomic mass is 10.1. The Morgan fingerprint density at radius 1 is 1.09 bits per heavy atom. The fraction of sp³-hybridized carbons (Fsp3) is 0.333. The van der Waals surface area contributed by atoms with Gasteiger partial charge in [-0.05, 0) is 74.2 Å². The minimum absolute atomic E-state index is 0.0527. The maximum atomic E-state index is 12.7. The Kier molecular flexibility index (Phi) is 7.81. The summed E-state index contributed by atoms with van der Waals surface area (Å²) in [5.74, 6) is 0.294. The fourth-order valence-corrected chi connectivity index (χ4v) is 4.78. The lowest BCUT2D eigenvalue weighted by Crippen LogP contribution is -2.15. The van der Waals surface area contributed by atoms with Crippen LogP contribution in [-0.4, -0.2) is 24.1 Å². The first-order valence-electron chi connectivity index (χ1n) is 10.8. The number of hydrogen-bond donors (Lipinski definition) is 2. The van der Waals surface area contributed by atoms with E-state index in [1.54, 1.807) is 36.4 Å². The van der Waals surface area contributed by atoms with E-state index in [0.29, 0.717) is 28.7 Å². The van der Waals surface area contributed by atoms with E-state index in [-0.39, 0.29) is 17.2 Å². The highest BCUT2D eigenvalue weighted by atomic mass is 35.5. The summed E-state index contributed by atoms with van der Waals surface area (Å²) in [6.45, 7) is 9.10. The Bertz CT molecular complexity index is 1240. The average molecular weight is 489 g/mol. The average Bonchev–Trinajstić information content (AvgIpc) is 3.00. The summed E-state index contributed by atoms with van der Waals surface area (Å²) in [5.41, 5.74) is 3.91. The summed E-state index contributed by atoms with van der Waals surface area (Å²) < 4.78 is 29.9. The van der Waals surface area contributed by atoms with Crippen molar-refractivity contribution in [2.45, 2.75) is 52.0 Å². The molecule has 1 heterocycles. The summed E-state index contributed by atoms with van der Waals surface area (Å²) in [4.78, 5) is 12.6. The van der Waals surface area contributed by atoms with Gasteiger partial charge in [-0.1, -0.05) is 31.5 Å². The van der Waals surface area contributed by atoms with Crippen molar-refractivity contribution in [1.29, 1.82) is 0 Å². The number of anilines is 2. The predicted octanol–water partition coefficient (Wildman–Crippen LogP) is 5.18. The molecule has 0 unspecified atom stereocenters. The first-order valence-corrected chi connectivity index (χ1v) is 12.6. The van der Waals surface area contributed by atoms with E-state index in [1.165, 1.54) is 12.1 Å². The molecule has 0 bridgehead atoms. The van der Waals surface area contributed by atoms with Crippen molar-refractivity contribution in [3.05, 3.63) is 70.5 Å². The Morgan fingerprint density at radius 2 is 1.79 bits per heavy atom. The number of rotatable bonds is 9. The highest BCUT2D eigenvalue weighted by Gasteiger charge is 2.17. The van der Waals surface area contributed by atoms with E-state index in [0.717, 1.165) is 23.5 Å². The van der Waals surface area contributed by atoms with Gasteiger partial charge in [0, 0.05) is 35.1 Å². The molecule has 0 atom stereocenters. The van der Waals surface area contributed by atoms with Gasteiger partial charge in [-0.25, -0.2) is 8.42 Å². The molecule has 176 valence electrons. The Morgan fingerprint density at radius 3 is 2.45 bits per heavy atom. The quantitative estimate of drug-likeness (QED) is 0.434. The predicted molar refractivity (Wildman–Crippen MR) is 132 cm³/mol. The van der Waals surface area contributed by atoms with Crippen molar-refractivity contribution < 1.29 is 13.2 Å². The molecule has 3 rings (SSSR count). The zero-order valence-corrected chi connectivity index (χ0v) is 20.8. The molecule has 0 saturated carbocycles. The van der Waals surface area contributed by atoms with E-state index in [1.807, 2.05) is 18.5 Å². The van der Waals surface area contributed by atoms with Crippen LogP contribution < -0.4 is 10.0 Å². The third-order valence-corrected chi connectivity index (χ3v) is 6.83. The van der Waals surface area contributed by atoms with Gasteiger partial charge in [-0.3, -0.25) is 14.2 Å². The number of carbonyl (C=O) groups excluding carboxylic acids is 1. The van der Waals surface area contributed by atoms with Crippen LogP contribution in [0.1, 0.15) is 37.2 Å². The smallest absolute Gasteiger partial charge is 0.261 e. The van der Waals surface area contributed by atoms with Crippen LogP contribution in [0.5, 0.6) is 0 Å². The number of hydrogen-bond acceptors (Lipinski definition) is 4. The second kappa shape index (κ2) is 10.4. The van der Waals surface area contributed by atoms with Gasteiger partial charge in [-0.2, -0.15) is 5.10 Å². The number of nitrogens with one attached hydrogen (secondary N) is 2. The number of aromatic nitrogens is 2. The Balaban J connectivity index is 1.65. The second-order valence-electron chi connectivity index (χ2n) is 8.41. The molecule has 1 aromatic heterocycles. The molecule has 0 aliphatic rings. The highest BCUT2D eigenvalue weighted by molar-refractivity contribution is 7.92. The monoisotopic (exact) mass is 488 g/mol. The Labute approximate surface area is 200 Å². The van der Waals surface area contributed by atoms with Crippen LogP contribution in [0.2, 0.25) is 5.02 Å². The standard InChI is InChI=1S/C24H29ClN4O3S/c1-16(2)15-29-18(4)23(17(3)27-29)12-13-24(30)26-21-6-5-7-22(14-21)33(31,32)28-20-10-8-19(25)9-11-20/h5-11,14,16,28H,12-13,15H2,1-4H3,(H,26,30). The molecular weight excluding hydrogens is 460 g/mol. The van der Waals surface area contributed by atoms with Crippen molar-refractivity contribution in [2.75, 3.05) is 10.0 Å². The molecular formula is C24H29ClN4O3S. The number of halogens is 1. The lowest BCUT2D eigenvalue weighted by molar-refractivity contribution is -0.116. The minimum atomic E-state index is -3.81. The summed E-state index contributed by atoms with van der Waals surface area (Å²) in [7, 11) is -3.81. The van der Waals surface area contributed by atoms with Crippen molar-refractivity contribution in [1.82, 2.24) is 9.78 Å². The molecule has 0 radical (unpaired) electrons. The molecule has 0 spiro atoms. The topological polar surface area (TPSA) is 93.1 Å². The number of nitrogens with zero attached hydrogens (tertiary/aromatic N) is 2. The Hall–Kier alpha value is -2.84. The molecule has 9 heteroatoms. The van der Waals surface area contributed by atoms with Gasteiger partial charge in [0.05, 0.1) is 10.6 Å². The molecule has 3 aromatic rings. The second-order valence-corrected chi connectivity index (χ2v) is 10.5. The molecule has 33 heavy (non-hydrogen) atoms. The van der Waals surface area contributed by atoms with Crippen molar-refractivity contribution in [3.8, 4) is 0 Å². The summed E-state index contributed by atoms with van der Waals surface area (Å²) in [5, 5.41) is 7.91. The van der Waals surface area contributed by atoms with E-state index < -0.39 is 10.0 Å². The molecule has 2 aromatic carbocycles. The maximum absolute atomic E-state index is 12.7. The molecule has 2 N–H and O–H groups in total. The van der Waals surface area contributed by atoms with Gasteiger partial charge >= 0.3 is 0 Å². The van der Waals surface area contributed by atoms with Crippen LogP contribution >= 0.6 is 11.6 Å². The summed E-state index contributed by atoms with van der Waals surface area (Å²) in [6.07, 6.45) is 0.840. The third kappa shape index (κ3) is 6.58. The first-order chi connectivity index (χ1) is 15.5. The summed E-state index contributed by atoms with van der Waals surface area (Å²) >= 11 is 5.85. The van der Waals surface area contributed by atoms with E-state index in [9.17, 15) is 13.2 Å². The normalized spacial score (nSPS) is 11.6. The molecule has 0 aliphatic heterocycles. The fourth-order valence-electron chi connectivity index (χ4n) is 3.55. The molecule has 7 nitrogen and oxygen atoms in total. The number of aryl methyl sites for hydroxylation is 1. The van der Waals surface area contributed by atoms with Crippen LogP contribution in [0.15, 0.2) is 53.4 Å². The zero-order valence-electron chi connectivity index (χ0n) is 19.2. The van der Waals surface area contributed by atoms with E-state index in [2.05, 4.69) is 29.0 Å². The lowest BCUT2D eigenvalue weighted by Gasteiger charge is -2.11. The molecule has 1 amide bonds. The van der Waals surface area contributed by atoms with Crippen molar-refractivity contribution in [2.24, 2.45) is 5.92 Å². The molecule has 0 saturated heterocycles. The molecule has 0 aliphatic carbocycles. The van der Waals surface area contributed by atoms with Gasteiger partial charge in [-0.15, -0.1) is 0 Å². The van der Waals surface area contributed by atoms with Gasteiger partial charge in [0.2, 0.25) is 5.91 Å². The van der Waals surface area contributed by atoms with E-state index >= 15 is 0 Å². The van der Waals surface area contributed by atoms with Crippen LogP contribution in [0.25, 0.3) is 0 Å². The zero-order chi connectivity index (χ0) is 24.2. The van der Waals surface area contributed by atoms with E-state index in [4.69, 9.17) is 11.6 Å².